The number of benzene rings is 2. The van der Waals surface area contributed by atoms with Gasteiger partial charge in [0.1, 0.15) is 5.75 Å². The smallest absolute Gasteiger partial charge is 0.192 e. The second-order valence-electron chi connectivity index (χ2n) is 4.49. The molecule has 0 aliphatic carbocycles. The van der Waals surface area contributed by atoms with E-state index >= 15 is 0 Å². The Bertz CT molecular complexity index is 657. The second kappa shape index (κ2) is 4.61. The van der Waals surface area contributed by atoms with E-state index in [2.05, 4.69) is 5.32 Å². The zero-order valence-electron chi connectivity index (χ0n) is 10.3. The van der Waals surface area contributed by atoms with Gasteiger partial charge >= 0.3 is 0 Å². The molecule has 0 fully saturated rings. The molecule has 0 saturated heterocycles. The summed E-state index contributed by atoms with van der Waals surface area (Å²) in [4.78, 5) is 12.3. The van der Waals surface area contributed by atoms with Crippen molar-refractivity contribution >= 4 is 17.5 Å². The van der Waals surface area contributed by atoms with Crippen LogP contribution in [-0.2, 0) is 0 Å². The average Bonchev–Trinajstić information content (AvgIpc) is 2.45. The van der Waals surface area contributed by atoms with Crippen LogP contribution >= 0.6 is 0 Å². The van der Waals surface area contributed by atoms with Crippen molar-refractivity contribution in [1.29, 1.82) is 0 Å². The summed E-state index contributed by atoms with van der Waals surface area (Å²) in [7, 11) is 0. The van der Waals surface area contributed by atoms with Crippen molar-refractivity contribution in [2.24, 2.45) is 0 Å². The number of phenolic OH excluding ortho intramolecular Hbond substituents is 1. The minimum Gasteiger partial charge on any atom is -0.508 e. The van der Waals surface area contributed by atoms with E-state index < -0.39 is 0 Å². The molecule has 1 aliphatic rings. The predicted octanol–water partition coefficient (Wildman–Crippen LogP) is 3.08. The van der Waals surface area contributed by atoms with E-state index in [0.29, 0.717) is 12.1 Å². The van der Waals surface area contributed by atoms with Gasteiger partial charge in [-0.25, -0.2) is 0 Å². The summed E-state index contributed by atoms with van der Waals surface area (Å²) >= 11 is 0. The molecule has 0 aromatic heterocycles. The van der Waals surface area contributed by atoms with Crippen molar-refractivity contribution in [1.82, 2.24) is 0 Å². The third kappa shape index (κ3) is 2.22. The largest absolute Gasteiger partial charge is 0.508 e. The van der Waals surface area contributed by atoms with Gasteiger partial charge in [0.25, 0.3) is 0 Å². The monoisotopic (exact) mass is 251 g/mol. The van der Waals surface area contributed by atoms with Gasteiger partial charge in [-0.2, -0.15) is 0 Å². The van der Waals surface area contributed by atoms with Crippen LogP contribution in [0.2, 0.25) is 0 Å². The van der Waals surface area contributed by atoms with E-state index in [1.54, 1.807) is 24.3 Å². The number of fused-ring (bicyclic) bond motifs is 1. The molecule has 1 heterocycles. The van der Waals surface area contributed by atoms with Crippen molar-refractivity contribution < 1.29 is 9.90 Å². The molecule has 0 radical (unpaired) electrons. The van der Waals surface area contributed by atoms with Crippen LogP contribution in [0, 0.1) is 0 Å². The van der Waals surface area contributed by atoms with Crippen molar-refractivity contribution in [2.75, 3.05) is 11.9 Å². The molecule has 94 valence electrons. The van der Waals surface area contributed by atoms with Crippen LogP contribution in [0.3, 0.4) is 0 Å². The van der Waals surface area contributed by atoms with Crippen molar-refractivity contribution in [3.8, 4) is 5.75 Å². The Morgan fingerprint density at radius 1 is 1.05 bits per heavy atom. The lowest BCUT2D eigenvalue weighted by Crippen LogP contribution is -2.21. The average molecular weight is 251 g/mol. The molecule has 0 amide bonds. The number of hydrogen-bond acceptors (Lipinski definition) is 3. The second-order valence-corrected chi connectivity index (χ2v) is 4.49. The van der Waals surface area contributed by atoms with Gasteiger partial charge in [0.05, 0.1) is 0 Å². The molecule has 1 aliphatic heterocycles. The number of anilines is 1. The first kappa shape index (κ1) is 11.5. The van der Waals surface area contributed by atoms with Gasteiger partial charge in [-0.3, -0.25) is 4.79 Å². The molecule has 3 rings (SSSR count). The van der Waals surface area contributed by atoms with E-state index in [9.17, 15) is 9.90 Å². The molecule has 2 aromatic rings. The molecule has 3 nitrogen and oxygen atoms in total. The Kier molecular flexibility index (Phi) is 2.80. The van der Waals surface area contributed by atoms with Gasteiger partial charge in [-0.05, 0) is 35.9 Å². The Balaban J connectivity index is 1.96. The Morgan fingerprint density at radius 2 is 1.79 bits per heavy atom. The fourth-order valence-electron chi connectivity index (χ4n) is 2.17. The van der Waals surface area contributed by atoms with Crippen molar-refractivity contribution in [2.45, 2.75) is 0 Å². The number of Topliss-reactive ketones (excluding diaryl/α,β-unsaturated/α-hetero) is 1. The van der Waals surface area contributed by atoms with Crippen molar-refractivity contribution in [3.05, 3.63) is 65.2 Å². The Hall–Kier alpha value is -2.55. The lowest BCUT2D eigenvalue weighted by atomic mass is 9.96. The van der Waals surface area contributed by atoms with Gasteiger partial charge in [0.2, 0.25) is 0 Å². The summed E-state index contributed by atoms with van der Waals surface area (Å²) in [6.45, 7) is 0.525. The minimum absolute atomic E-state index is 0.0578. The van der Waals surface area contributed by atoms with Crippen LogP contribution in [0.15, 0.2) is 54.1 Å². The van der Waals surface area contributed by atoms with Crippen molar-refractivity contribution in [3.63, 3.8) is 0 Å². The molecule has 3 heteroatoms. The number of ketones is 1. The molecule has 0 atom stereocenters. The molecule has 0 unspecified atom stereocenters. The molecule has 19 heavy (non-hydrogen) atoms. The molecular formula is C16H13NO2. The van der Waals surface area contributed by atoms with Gasteiger partial charge in [0.15, 0.2) is 5.78 Å². The van der Waals surface area contributed by atoms with Crippen LogP contribution in [0.5, 0.6) is 5.75 Å². The number of carbonyl (C=O) groups is 1. The summed E-state index contributed by atoms with van der Waals surface area (Å²) in [5.74, 6) is 0.281. The van der Waals surface area contributed by atoms with E-state index in [1.807, 2.05) is 30.3 Å². The number of aromatic hydroxyl groups is 1. The zero-order valence-corrected chi connectivity index (χ0v) is 10.3. The summed E-state index contributed by atoms with van der Waals surface area (Å²) in [6, 6.07) is 14.3. The highest BCUT2D eigenvalue weighted by atomic mass is 16.3. The van der Waals surface area contributed by atoms with Gasteiger partial charge in [-0.15, -0.1) is 0 Å². The lowest BCUT2D eigenvalue weighted by Gasteiger charge is -2.19. The first-order chi connectivity index (χ1) is 9.24. The molecule has 2 N–H and O–H groups in total. The summed E-state index contributed by atoms with van der Waals surface area (Å²) in [6.07, 6.45) is 1.85. The summed E-state index contributed by atoms with van der Waals surface area (Å²) in [5, 5.41) is 12.5. The van der Waals surface area contributed by atoms with E-state index in [-0.39, 0.29) is 11.5 Å². The molecular weight excluding hydrogens is 238 g/mol. The number of hydrogen-bond donors (Lipinski definition) is 2. The number of rotatable bonds is 1. The fraction of sp³-hybridized carbons (Fsp3) is 0.0625. The maximum atomic E-state index is 12.3. The number of phenols is 1. The standard InChI is InChI=1S/C16H13NO2/c18-13-7-5-11(6-8-13)9-12-10-17-15-4-2-1-3-14(15)16(12)19/h1-9,17-18H,10H2/b12-9+. The molecule has 0 bridgehead atoms. The van der Waals surface area contributed by atoms with Crippen LogP contribution in [0.1, 0.15) is 15.9 Å². The first-order valence-electron chi connectivity index (χ1n) is 6.11. The maximum absolute atomic E-state index is 12.3. The normalized spacial score (nSPS) is 16.0. The summed E-state index contributed by atoms with van der Waals surface area (Å²) in [5.41, 5.74) is 3.22. The highest BCUT2D eigenvalue weighted by Crippen LogP contribution is 2.25. The predicted molar refractivity (Wildman–Crippen MR) is 75.3 cm³/mol. The van der Waals surface area contributed by atoms with Gasteiger partial charge in [-0.1, -0.05) is 24.3 Å². The Morgan fingerprint density at radius 3 is 2.58 bits per heavy atom. The lowest BCUT2D eigenvalue weighted by molar-refractivity contribution is 0.103. The number of nitrogens with one attached hydrogen (secondary N) is 1. The number of carbonyl (C=O) groups excluding carboxylic acids is 1. The third-order valence-corrected chi connectivity index (χ3v) is 3.17. The van der Waals surface area contributed by atoms with E-state index in [4.69, 9.17) is 0 Å². The quantitative estimate of drug-likeness (QED) is 0.766. The van der Waals surface area contributed by atoms with E-state index in [0.717, 1.165) is 16.8 Å². The van der Waals surface area contributed by atoms with Crippen LogP contribution < -0.4 is 5.32 Å². The number of para-hydroxylation sites is 1. The van der Waals surface area contributed by atoms with Crippen LogP contribution in [-0.4, -0.2) is 17.4 Å². The van der Waals surface area contributed by atoms with Crippen LogP contribution in [0.4, 0.5) is 5.69 Å². The topological polar surface area (TPSA) is 49.3 Å². The molecule has 0 spiro atoms. The molecule has 0 saturated carbocycles. The maximum Gasteiger partial charge on any atom is 0.192 e. The highest BCUT2D eigenvalue weighted by molar-refractivity contribution is 6.16. The SMILES string of the molecule is O=C1/C(=C/c2ccc(O)cc2)CNc2ccccc21. The van der Waals surface area contributed by atoms with Gasteiger partial charge < -0.3 is 10.4 Å². The summed E-state index contributed by atoms with van der Waals surface area (Å²) < 4.78 is 0. The fourth-order valence-corrected chi connectivity index (χ4v) is 2.17. The van der Waals surface area contributed by atoms with Crippen LogP contribution in [0.25, 0.3) is 6.08 Å². The Labute approximate surface area is 111 Å². The zero-order chi connectivity index (χ0) is 13.2. The third-order valence-electron chi connectivity index (χ3n) is 3.17. The van der Waals surface area contributed by atoms with E-state index in [1.165, 1.54) is 0 Å². The minimum atomic E-state index is 0.0578. The highest BCUT2D eigenvalue weighted by Gasteiger charge is 2.20. The molecule has 2 aromatic carbocycles. The van der Waals surface area contributed by atoms with Gasteiger partial charge in [0, 0.05) is 23.4 Å². The first-order valence-corrected chi connectivity index (χ1v) is 6.11.